The van der Waals surface area contributed by atoms with E-state index in [0.29, 0.717) is 10.8 Å². The fourth-order valence-electron chi connectivity index (χ4n) is 3.36. The molecule has 8 heteroatoms. The summed E-state index contributed by atoms with van der Waals surface area (Å²) >= 11 is 6.50. The number of allylic oxidation sites excluding steroid dienone is 1. The molecule has 2 heterocycles. The summed E-state index contributed by atoms with van der Waals surface area (Å²) in [5.41, 5.74) is 9.48. The second-order valence-electron chi connectivity index (χ2n) is 7.73. The molecule has 2 aromatic heterocycles. The van der Waals surface area contributed by atoms with Gasteiger partial charge in [0.1, 0.15) is 12.4 Å². The summed E-state index contributed by atoms with van der Waals surface area (Å²) in [6.07, 6.45) is 0.919. The van der Waals surface area contributed by atoms with E-state index >= 15 is 0 Å². The lowest BCUT2D eigenvalue weighted by molar-refractivity contribution is 0.0298. The number of benzene rings is 1. The number of ether oxygens (including phenoxy) is 2. The van der Waals surface area contributed by atoms with Crippen molar-refractivity contribution >= 4 is 23.3 Å². The van der Waals surface area contributed by atoms with E-state index < -0.39 is 11.7 Å². The van der Waals surface area contributed by atoms with E-state index in [-0.39, 0.29) is 6.61 Å². The molecule has 2 N–H and O–H groups in total. The number of hydrogen-bond acceptors (Lipinski definition) is 5. The SMILES string of the molecule is CC(C)=CC(C)(COc1ccc(-c2cc(C)nc3cc(C)nn23)cc1Cl)OC(N)=O. The van der Waals surface area contributed by atoms with Crippen molar-refractivity contribution < 1.29 is 14.3 Å². The van der Waals surface area contributed by atoms with Gasteiger partial charge in [0, 0.05) is 17.3 Å². The van der Waals surface area contributed by atoms with Crippen LogP contribution in [0.5, 0.6) is 5.75 Å². The highest BCUT2D eigenvalue weighted by molar-refractivity contribution is 6.32. The van der Waals surface area contributed by atoms with Gasteiger partial charge in [0.25, 0.3) is 0 Å². The third kappa shape index (κ3) is 4.91. The molecule has 0 aliphatic heterocycles. The summed E-state index contributed by atoms with van der Waals surface area (Å²) in [6, 6.07) is 9.38. The smallest absolute Gasteiger partial charge is 0.405 e. The third-order valence-corrected chi connectivity index (χ3v) is 4.64. The van der Waals surface area contributed by atoms with Crippen LogP contribution < -0.4 is 10.5 Å². The zero-order valence-corrected chi connectivity index (χ0v) is 18.4. The van der Waals surface area contributed by atoms with Gasteiger partial charge >= 0.3 is 6.09 Å². The molecule has 0 saturated heterocycles. The molecule has 158 valence electrons. The average Bonchev–Trinajstić information content (AvgIpc) is 2.98. The van der Waals surface area contributed by atoms with Crippen molar-refractivity contribution in [1.29, 1.82) is 0 Å². The molecule has 1 unspecified atom stereocenters. The molecule has 7 nitrogen and oxygen atoms in total. The molecular weight excluding hydrogens is 404 g/mol. The Morgan fingerprint density at radius 1 is 1.23 bits per heavy atom. The van der Waals surface area contributed by atoms with Crippen molar-refractivity contribution in [3.63, 3.8) is 0 Å². The minimum Gasteiger partial charge on any atom is -0.488 e. The quantitative estimate of drug-likeness (QED) is 0.565. The second-order valence-corrected chi connectivity index (χ2v) is 8.14. The van der Waals surface area contributed by atoms with E-state index in [9.17, 15) is 4.79 Å². The predicted octanol–water partition coefficient (Wildman–Crippen LogP) is 4.87. The summed E-state index contributed by atoms with van der Waals surface area (Å²) in [5, 5.41) is 4.95. The molecule has 0 aliphatic rings. The van der Waals surface area contributed by atoms with Gasteiger partial charge < -0.3 is 15.2 Å². The zero-order chi connectivity index (χ0) is 22.1. The van der Waals surface area contributed by atoms with Gasteiger partial charge in [-0.05, 0) is 65.0 Å². The van der Waals surface area contributed by atoms with E-state index in [1.165, 1.54) is 0 Å². The Hall–Kier alpha value is -3.06. The van der Waals surface area contributed by atoms with Crippen molar-refractivity contribution in [2.24, 2.45) is 5.73 Å². The zero-order valence-electron chi connectivity index (χ0n) is 17.7. The van der Waals surface area contributed by atoms with Crippen LogP contribution in [0.3, 0.4) is 0 Å². The Labute approximate surface area is 180 Å². The lowest BCUT2D eigenvalue weighted by atomic mass is 10.0. The summed E-state index contributed by atoms with van der Waals surface area (Å²) in [4.78, 5) is 15.8. The molecule has 3 aromatic rings. The first-order chi connectivity index (χ1) is 14.1. The molecule has 0 bridgehead atoms. The van der Waals surface area contributed by atoms with E-state index in [0.717, 1.165) is 33.9 Å². The number of nitrogens with zero attached hydrogens (tertiary/aromatic N) is 3. The van der Waals surface area contributed by atoms with Crippen LogP contribution in [0.15, 0.2) is 42.0 Å². The Morgan fingerprint density at radius 2 is 1.97 bits per heavy atom. The first kappa shape index (κ1) is 21.6. The topological polar surface area (TPSA) is 91.7 Å². The minimum absolute atomic E-state index is 0.0666. The fraction of sp³-hybridized carbons (Fsp3) is 0.318. The molecule has 1 atom stereocenters. The number of nitrogens with two attached hydrogens (primary N) is 1. The standard InChI is InChI=1S/C22H25ClN4O3/c1-13(2)11-22(5,30-21(24)28)12-29-19-7-6-16(10-17(19)23)18-8-14(3)25-20-9-15(4)26-27(18)20/h6-11H,12H2,1-5H3,(H2,24,28). The maximum absolute atomic E-state index is 11.3. The molecule has 3 rings (SSSR count). The van der Waals surface area contributed by atoms with Crippen LogP contribution in [0.25, 0.3) is 16.9 Å². The third-order valence-electron chi connectivity index (χ3n) is 4.35. The van der Waals surface area contributed by atoms with Gasteiger partial charge in [-0.2, -0.15) is 5.10 Å². The largest absolute Gasteiger partial charge is 0.488 e. The van der Waals surface area contributed by atoms with Crippen molar-refractivity contribution in [1.82, 2.24) is 14.6 Å². The van der Waals surface area contributed by atoms with Gasteiger partial charge in [-0.25, -0.2) is 14.3 Å². The molecule has 0 radical (unpaired) electrons. The number of carbonyl (C=O) groups is 1. The van der Waals surface area contributed by atoms with Crippen LogP contribution in [0, 0.1) is 13.8 Å². The molecule has 0 aliphatic carbocycles. The van der Waals surface area contributed by atoms with Gasteiger partial charge in [0.05, 0.1) is 16.4 Å². The maximum Gasteiger partial charge on any atom is 0.405 e. The Bertz CT molecular complexity index is 1130. The first-order valence-corrected chi connectivity index (χ1v) is 9.85. The molecule has 0 saturated carbocycles. The normalized spacial score (nSPS) is 13.0. The number of fused-ring (bicyclic) bond motifs is 1. The predicted molar refractivity (Wildman–Crippen MR) is 117 cm³/mol. The van der Waals surface area contributed by atoms with E-state index in [2.05, 4.69) is 10.1 Å². The van der Waals surface area contributed by atoms with E-state index in [4.69, 9.17) is 26.8 Å². The highest BCUT2D eigenvalue weighted by Crippen LogP contribution is 2.32. The summed E-state index contributed by atoms with van der Waals surface area (Å²) in [5.74, 6) is 0.473. The van der Waals surface area contributed by atoms with Gasteiger partial charge in [0.15, 0.2) is 11.2 Å². The van der Waals surface area contributed by atoms with Gasteiger partial charge in [-0.15, -0.1) is 0 Å². The summed E-state index contributed by atoms with van der Waals surface area (Å²) < 4.78 is 12.9. The highest BCUT2D eigenvalue weighted by atomic mass is 35.5. The Balaban J connectivity index is 1.89. The molecule has 0 fully saturated rings. The Morgan fingerprint density at radius 3 is 2.60 bits per heavy atom. The number of halogens is 1. The van der Waals surface area contributed by atoms with Crippen LogP contribution >= 0.6 is 11.6 Å². The molecular formula is C22H25ClN4O3. The van der Waals surface area contributed by atoms with E-state index in [1.807, 2.05) is 52.0 Å². The van der Waals surface area contributed by atoms with Gasteiger partial charge in [-0.1, -0.05) is 17.2 Å². The monoisotopic (exact) mass is 428 g/mol. The van der Waals surface area contributed by atoms with Gasteiger partial charge in [0.2, 0.25) is 0 Å². The highest BCUT2D eigenvalue weighted by Gasteiger charge is 2.27. The van der Waals surface area contributed by atoms with Crippen LogP contribution in [0.4, 0.5) is 4.79 Å². The number of carbonyl (C=O) groups excluding carboxylic acids is 1. The van der Waals surface area contributed by atoms with Crippen molar-refractivity contribution in [3.05, 3.63) is 58.4 Å². The fourth-order valence-corrected chi connectivity index (χ4v) is 3.59. The number of hydrogen-bond donors (Lipinski definition) is 1. The molecule has 1 aromatic carbocycles. The molecule has 0 spiro atoms. The lowest BCUT2D eigenvalue weighted by Crippen LogP contribution is -2.38. The summed E-state index contributed by atoms with van der Waals surface area (Å²) in [7, 11) is 0. The first-order valence-electron chi connectivity index (χ1n) is 9.47. The molecule has 30 heavy (non-hydrogen) atoms. The summed E-state index contributed by atoms with van der Waals surface area (Å²) in [6.45, 7) is 9.46. The average molecular weight is 429 g/mol. The minimum atomic E-state index is -1.01. The number of aryl methyl sites for hydroxylation is 2. The lowest BCUT2D eigenvalue weighted by Gasteiger charge is -2.26. The van der Waals surface area contributed by atoms with Crippen LogP contribution in [0.2, 0.25) is 5.02 Å². The molecule has 1 amide bonds. The number of aromatic nitrogens is 3. The van der Waals surface area contributed by atoms with E-state index in [1.54, 1.807) is 23.6 Å². The second kappa shape index (κ2) is 8.36. The van der Waals surface area contributed by atoms with Crippen molar-refractivity contribution in [2.75, 3.05) is 6.61 Å². The number of amides is 1. The Kier molecular flexibility index (Phi) is 6.03. The van der Waals surface area contributed by atoms with Crippen LogP contribution in [0.1, 0.15) is 32.2 Å². The maximum atomic E-state index is 11.3. The van der Waals surface area contributed by atoms with Crippen molar-refractivity contribution in [3.8, 4) is 17.0 Å². The number of primary amides is 1. The van der Waals surface area contributed by atoms with Crippen LogP contribution in [-0.2, 0) is 4.74 Å². The van der Waals surface area contributed by atoms with Crippen LogP contribution in [-0.4, -0.2) is 32.9 Å². The number of rotatable bonds is 6. The van der Waals surface area contributed by atoms with Gasteiger partial charge in [-0.3, -0.25) is 0 Å². The van der Waals surface area contributed by atoms with Crippen molar-refractivity contribution in [2.45, 2.75) is 40.2 Å².